The first-order chi connectivity index (χ1) is 5.41. The van der Waals surface area contributed by atoms with Crippen LogP contribution >= 0.6 is 0 Å². The van der Waals surface area contributed by atoms with Crippen LogP contribution in [0.25, 0.3) is 0 Å². The van der Waals surface area contributed by atoms with Crippen LogP contribution in [0.4, 0.5) is 0 Å². The zero-order chi connectivity index (χ0) is 8.36. The maximum absolute atomic E-state index is 5.02. The molecule has 60 valence electrons. The van der Waals surface area contributed by atoms with Gasteiger partial charge in [-0.2, -0.15) is 0 Å². The molecule has 0 spiro atoms. The molecule has 0 atom stereocenters. The van der Waals surface area contributed by atoms with Crippen molar-refractivity contribution in [1.82, 2.24) is 0 Å². The van der Waals surface area contributed by atoms with Crippen molar-refractivity contribution in [3.8, 4) is 12.3 Å². The van der Waals surface area contributed by atoms with Crippen molar-refractivity contribution in [3.05, 3.63) is 24.3 Å². The van der Waals surface area contributed by atoms with Crippen LogP contribution in [0.1, 0.15) is 32.6 Å². The molecule has 0 aliphatic heterocycles. The molecular formula is C11H16. The minimum Gasteiger partial charge on any atom is -0.115 e. The first kappa shape index (κ1) is 10.0. The molecule has 0 N–H and O–H groups in total. The maximum atomic E-state index is 5.02. The summed E-state index contributed by atoms with van der Waals surface area (Å²) < 4.78 is 0. The highest BCUT2D eigenvalue weighted by Gasteiger charge is 1.79. The monoisotopic (exact) mass is 148 g/mol. The zero-order valence-corrected chi connectivity index (χ0v) is 7.22. The fraction of sp³-hybridized carbons (Fsp3) is 0.455. The molecule has 0 aliphatic rings. The lowest BCUT2D eigenvalue weighted by molar-refractivity contribution is 0.729. The van der Waals surface area contributed by atoms with Gasteiger partial charge in [-0.05, 0) is 18.9 Å². The van der Waals surface area contributed by atoms with Crippen molar-refractivity contribution >= 4 is 0 Å². The molecule has 11 heavy (non-hydrogen) atoms. The predicted octanol–water partition coefficient (Wildman–Crippen LogP) is 3.31. The Kier molecular flexibility index (Phi) is 8.25. The van der Waals surface area contributed by atoms with E-state index in [1.807, 2.05) is 12.2 Å². The number of allylic oxidation sites excluding steroid dienone is 4. The Labute approximate surface area is 70.0 Å². The fourth-order valence-electron chi connectivity index (χ4n) is 0.798. The van der Waals surface area contributed by atoms with E-state index in [9.17, 15) is 0 Å². The number of hydrogen-bond acceptors (Lipinski definition) is 0. The van der Waals surface area contributed by atoms with Gasteiger partial charge in [0.15, 0.2) is 0 Å². The summed E-state index contributed by atoms with van der Waals surface area (Å²) in [7, 11) is 0. The van der Waals surface area contributed by atoms with Gasteiger partial charge in [-0.25, -0.2) is 0 Å². The quantitative estimate of drug-likeness (QED) is 0.319. The van der Waals surface area contributed by atoms with Crippen LogP contribution in [0.5, 0.6) is 0 Å². The standard InChI is InChI=1S/C11H16/c1-3-5-7-9-11-10-8-6-4-2/h1,5,7,9,11H,4,6,8,10H2,2H3/b7-5+,11-9+. The van der Waals surface area contributed by atoms with Gasteiger partial charge in [0.05, 0.1) is 0 Å². The van der Waals surface area contributed by atoms with Crippen LogP contribution in [0.15, 0.2) is 24.3 Å². The average Bonchev–Trinajstić information content (AvgIpc) is 2.03. The Morgan fingerprint density at radius 1 is 1.27 bits per heavy atom. The first-order valence-corrected chi connectivity index (χ1v) is 4.19. The van der Waals surface area contributed by atoms with Crippen LogP contribution in [-0.2, 0) is 0 Å². The summed E-state index contributed by atoms with van der Waals surface area (Å²) in [5.41, 5.74) is 0. The third kappa shape index (κ3) is 9.04. The Morgan fingerprint density at radius 2 is 2.09 bits per heavy atom. The lowest BCUT2D eigenvalue weighted by Crippen LogP contribution is -1.69. The van der Waals surface area contributed by atoms with Crippen molar-refractivity contribution in [3.63, 3.8) is 0 Å². The lowest BCUT2D eigenvalue weighted by Gasteiger charge is -1.89. The van der Waals surface area contributed by atoms with Gasteiger partial charge in [0.25, 0.3) is 0 Å². The van der Waals surface area contributed by atoms with E-state index in [-0.39, 0.29) is 0 Å². The third-order valence-electron chi connectivity index (χ3n) is 1.41. The molecule has 0 amide bonds. The Hall–Kier alpha value is -0.960. The summed E-state index contributed by atoms with van der Waals surface area (Å²) in [5.74, 6) is 2.44. The molecule has 0 radical (unpaired) electrons. The van der Waals surface area contributed by atoms with Crippen LogP contribution in [0.2, 0.25) is 0 Å². The molecule has 0 aromatic heterocycles. The highest BCUT2D eigenvalue weighted by Crippen LogP contribution is 1.99. The molecule has 0 bridgehead atoms. The van der Waals surface area contributed by atoms with Gasteiger partial charge < -0.3 is 0 Å². The van der Waals surface area contributed by atoms with Crippen molar-refractivity contribution in [2.75, 3.05) is 0 Å². The summed E-state index contributed by atoms with van der Waals surface area (Å²) in [5, 5.41) is 0. The van der Waals surface area contributed by atoms with E-state index in [1.165, 1.54) is 25.7 Å². The van der Waals surface area contributed by atoms with Gasteiger partial charge in [0, 0.05) is 0 Å². The van der Waals surface area contributed by atoms with Crippen molar-refractivity contribution < 1.29 is 0 Å². The molecule has 0 aromatic rings. The SMILES string of the molecule is C#C/C=C/C=C/CCCCC. The van der Waals surface area contributed by atoms with Crippen molar-refractivity contribution in [2.45, 2.75) is 32.6 Å². The molecule has 0 saturated heterocycles. The minimum atomic E-state index is 1.17. The number of rotatable bonds is 5. The van der Waals surface area contributed by atoms with E-state index >= 15 is 0 Å². The Balaban J connectivity index is 3.18. The van der Waals surface area contributed by atoms with Gasteiger partial charge in [-0.1, -0.05) is 43.9 Å². The van der Waals surface area contributed by atoms with E-state index in [2.05, 4.69) is 18.9 Å². The lowest BCUT2D eigenvalue weighted by atomic mass is 10.2. The summed E-state index contributed by atoms with van der Waals surface area (Å²) in [4.78, 5) is 0. The van der Waals surface area contributed by atoms with Crippen LogP contribution < -0.4 is 0 Å². The van der Waals surface area contributed by atoms with Gasteiger partial charge >= 0.3 is 0 Å². The van der Waals surface area contributed by atoms with E-state index in [4.69, 9.17) is 6.42 Å². The van der Waals surface area contributed by atoms with Gasteiger partial charge in [0.1, 0.15) is 0 Å². The fourth-order valence-corrected chi connectivity index (χ4v) is 0.798. The Bertz CT molecular complexity index is 155. The summed E-state index contributed by atoms with van der Waals surface area (Å²) in [6.07, 6.45) is 17.9. The van der Waals surface area contributed by atoms with E-state index in [0.29, 0.717) is 0 Å². The molecule has 0 aromatic carbocycles. The van der Waals surface area contributed by atoms with Gasteiger partial charge in [0.2, 0.25) is 0 Å². The van der Waals surface area contributed by atoms with E-state index in [0.717, 1.165) is 0 Å². The summed E-state index contributed by atoms with van der Waals surface area (Å²) >= 11 is 0. The molecule has 0 unspecified atom stereocenters. The van der Waals surface area contributed by atoms with E-state index in [1.54, 1.807) is 6.08 Å². The minimum absolute atomic E-state index is 1.17. The molecule has 0 nitrogen and oxygen atoms in total. The molecule has 0 aliphatic carbocycles. The second-order valence-electron chi connectivity index (χ2n) is 2.45. The van der Waals surface area contributed by atoms with Crippen LogP contribution in [-0.4, -0.2) is 0 Å². The molecule has 0 heteroatoms. The number of unbranched alkanes of at least 4 members (excludes halogenated alkanes) is 3. The summed E-state index contributed by atoms with van der Waals surface area (Å²) in [6, 6.07) is 0. The number of terminal acetylenes is 1. The predicted molar refractivity (Wildman–Crippen MR) is 51.3 cm³/mol. The molecule has 0 fully saturated rings. The highest BCUT2D eigenvalue weighted by atomic mass is 13.9. The molecule has 0 rings (SSSR count). The van der Waals surface area contributed by atoms with Crippen molar-refractivity contribution in [2.24, 2.45) is 0 Å². The number of hydrogen-bond donors (Lipinski definition) is 0. The summed E-state index contributed by atoms with van der Waals surface area (Å²) in [6.45, 7) is 2.21. The van der Waals surface area contributed by atoms with Gasteiger partial charge in [-0.15, -0.1) is 6.42 Å². The smallest absolute Gasteiger partial charge is 0.0122 e. The average molecular weight is 148 g/mol. The molecular weight excluding hydrogens is 132 g/mol. The van der Waals surface area contributed by atoms with E-state index < -0.39 is 0 Å². The molecule has 0 saturated carbocycles. The normalized spacial score (nSPS) is 10.9. The van der Waals surface area contributed by atoms with Crippen LogP contribution in [0, 0.1) is 12.3 Å². The maximum Gasteiger partial charge on any atom is -0.0122 e. The first-order valence-electron chi connectivity index (χ1n) is 4.19. The Morgan fingerprint density at radius 3 is 2.73 bits per heavy atom. The van der Waals surface area contributed by atoms with Crippen molar-refractivity contribution in [1.29, 1.82) is 0 Å². The molecule has 0 heterocycles. The van der Waals surface area contributed by atoms with Gasteiger partial charge in [-0.3, -0.25) is 0 Å². The second kappa shape index (κ2) is 9.04. The topological polar surface area (TPSA) is 0 Å². The largest absolute Gasteiger partial charge is 0.115 e. The zero-order valence-electron chi connectivity index (χ0n) is 7.22. The third-order valence-corrected chi connectivity index (χ3v) is 1.41. The second-order valence-corrected chi connectivity index (χ2v) is 2.45. The van der Waals surface area contributed by atoms with Crippen LogP contribution in [0.3, 0.4) is 0 Å². The highest BCUT2D eigenvalue weighted by molar-refractivity contribution is 5.15.